The molecule has 1 aliphatic rings. The summed E-state index contributed by atoms with van der Waals surface area (Å²) in [5.41, 5.74) is 7.03. The number of aryl methyl sites for hydroxylation is 1. The van der Waals surface area contributed by atoms with E-state index < -0.39 is 10.0 Å². The van der Waals surface area contributed by atoms with Crippen molar-refractivity contribution < 1.29 is 8.42 Å². The lowest BCUT2D eigenvalue weighted by Gasteiger charge is -2.29. The Morgan fingerprint density at radius 3 is 2.52 bits per heavy atom. The van der Waals surface area contributed by atoms with E-state index in [1.165, 1.54) is 0 Å². The van der Waals surface area contributed by atoms with Crippen molar-refractivity contribution in [1.82, 2.24) is 14.5 Å². The first-order valence-corrected chi connectivity index (χ1v) is 9.07. The molecule has 2 rings (SSSR count). The quantitative estimate of drug-likeness (QED) is 0.837. The highest BCUT2D eigenvalue weighted by Crippen LogP contribution is 2.30. The van der Waals surface area contributed by atoms with E-state index in [1.54, 1.807) is 11.2 Å². The molecule has 6 nitrogen and oxygen atoms in total. The third-order valence-corrected chi connectivity index (χ3v) is 5.96. The lowest BCUT2D eigenvalue weighted by atomic mass is 10.2. The summed E-state index contributed by atoms with van der Waals surface area (Å²) in [7, 11) is -3.59. The van der Waals surface area contributed by atoms with Crippen LogP contribution in [0.4, 0.5) is 0 Å². The summed E-state index contributed by atoms with van der Waals surface area (Å²) in [6.45, 7) is 6.59. The normalized spacial score (nSPS) is 17.2. The summed E-state index contributed by atoms with van der Waals surface area (Å²) < 4.78 is 27.7. The molecule has 1 fully saturated rings. The van der Waals surface area contributed by atoms with Crippen molar-refractivity contribution in [2.45, 2.75) is 64.1 Å². The summed E-state index contributed by atoms with van der Waals surface area (Å²) in [5, 5.41) is 6.89. The van der Waals surface area contributed by atoms with Crippen molar-refractivity contribution in [3.05, 3.63) is 11.3 Å². The van der Waals surface area contributed by atoms with Gasteiger partial charge < -0.3 is 5.73 Å². The molecule has 0 unspecified atom stereocenters. The van der Waals surface area contributed by atoms with E-state index in [2.05, 4.69) is 10.2 Å². The van der Waals surface area contributed by atoms with E-state index in [4.69, 9.17) is 5.73 Å². The molecule has 1 aliphatic carbocycles. The van der Waals surface area contributed by atoms with Gasteiger partial charge in [-0.2, -0.15) is 9.40 Å². The number of hydrogen-bond acceptors (Lipinski definition) is 4. The standard InChI is InChI=1S/C14H26N4O2S/c1-10(2)9-18(12-6-4-5-7-12)21(19,20)14-13(8-15)11(3)16-17-14/h10,12H,4-9,15H2,1-3H3,(H,16,17). The summed E-state index contributed by atoms with van der Waals surface area (Å²) >= 11 is 0. The molecule has 0 radical (unpaired) electrons. The lowest BCUT2D eigenvalue weighted by Crippen LogP contribution is -2.41. The molecule has 7 heteroatoms. The van der Waals surface area contributed by atoms with E-state index in [-0.39, 0.29) is 23.5 Å². The van der Waals surface area contributed by atoms with Gasteiger partial charge >= 0.3 is 0 Å². The Hall–Kier alpha value is -0.920. The van der Waals surface area contributed by atoms with Gasteiger partial charge in [0.05, 0.1) is 0 Å². The molecule has 0 bridgehead atoms. The summed E-state index contributed by atoms with van der Waals surface area (Å²) in [6.07, 6.45) is 4.07. The minimum Gasteiger partial charge on any atom is -0.326 e. The minimum atomic E-state index is -3.59. The number of nitrogens with one attached hydrogen (secondary N) is 1. The monoisotopic (exact) mass is 314 g/mol. The number of nitrogens with zero attached hydrogens (tertiary/aromatic N) is 2. The van der Waals surface area contributed by atoms with E-state index in [9.17, 15) is 8.42 Å². The third kappa shape index (κ3) is 3.30. The van der Waals surface area contributed by atoms with Crippen LogP contribution >= 0.6 is 0 Å². The van der Waals surface area contributed by atoms with Crippen molar-refractivity contribution in [3.63, 3.8) is 0 Å². The van der Waals surface area contributed by atoms with Gasteiger partial charge in [-0.3, -0.25) is 5.10 Å². The van der Waals surface area contributed by atoms with Gasteiger partial charge in [0, 0.05) is 30.4 Å². The van der Waals surface area contributed by atoms with Gasteiger partial charge in [-0.05, 0) is 25.7 Å². The van der Waals surface area contributed by atoms with Crippen LogP contribution in [0.5, 0.6) is 0 Å². The zero-order valence-corrected chi connectivity index (χ0v) is 13.9. The first-order chi connectivity index (χ1) is 9.87. The summed E-state index contributed by atoms with van der Waals surface area (Å²) in [5.74, 6) is 0.279. The fourth-order valence-electron chi connectivity index (χ4n) is 2.99. The van der Waals surface area contributed by atoms with Gasteiger partial charge in [0.15, 0.2) is 5.03 Å². The van der Waals surface area contributed by atoms with Crippen LogP contribution in [0.15, 0.2) is 5.03 Å². The van der Waals surface area contributed by atoms with E-state index >= 15 is 0 Å². The molecular formula is C14H26N4O2S. The molecule has 0 saturated heterocycles. The molecule has 1 aromatic heterocycles. The smallest absolute Gasteiger partial charge is 0.262 e. The fourth-order valence-corrected chi connectivity index (χ4v) is 5.02. The molecule has 21 heavy (non-hydrogen) atoms. The van der Waals surface area contributed by atoms with E-state index in [0.29, 0.717) is 12.1 Å². The molecule has 3 N–H and O–H groups in total. The maximum atomic E-state index is 13.0. The third-order valence-electron chi connectivity index (χ3n) is 4.07. The maximum absolute atomic E-state index is 13.0. The van der Waals surface area contributed by atoms with Crippen molar-refractivity contribution in [2.75, 3.05) is 6.54 Å². The highest BCUT2D eigenvalue weighted by Gasteiger charge is 2.36. The lowest BCUT2D eigenvalue weighted by molar-refractivity contribution is 0.291. The van der Waals surface area contributed by atoms with Gasteiger partial charge in [-0.25, -0.2) is 8.42 Å². The molecule has 0 atom stereocenters. The second-order valence-electron chi connectivity index (χ2n) is 6.24. The Balaban J connectivity index is 2.40. The van der Waals surface area contributed by atoms with Crippen molar-refractivity contribution in [1.29, 1.82) is 0 Å². The summed E-state index contributed by atoms with van der Waals surface area (Å²) in [4.78, 5) is 0. The molecule has 0 aliphatic heterocycles. The van der Waals surface area contributed by atoms with E-state index in [1.807, 2.05) is 13.8 Å². The Labute approximate surface area is 127 Å². The number of hydrogen-bond donors (Lipinski definition) is 2. The van der Waals surface area contributed by atoms with Crippen LogP contribution in [0.2, 0.25) is 0 Å². The molecule has 0 amide bonds. The number of aromatic nitrogens is 2. The Bertz CT molecular complexity index is 574. The van der Waals surface area contributed by atoms with Crippen LogP contribution in [0.3, 0.4) is 0 Å². The topological polar surface area (TPSA) is 92.1 Å². The number of sulfonamides is 1. The first kappa shape index (κ1) is 16.5. The first-order valence-electron chi connectivity index (χ1n) is 7.63. The van der Waals surface area contributed by atoms with Gasteiger partial charge in [-0.1, -0.05) is 26.7 Å². The molecular weight excluding hydrogens is 288 g/mol. The van der Waals surface area contributed by atoms with Crippen LogP contribution in [0.25, 0.3) is 0 Å². The van der Waals surface area contributed by atoms with Crippen molar-refractivity contribution in [3.8, 4) is 0 Å². The van der Waals surface area contributed by atoms with Crippen LogP contribution in [-0.4, -0.2) is 35.5 Å². The molecule has 1 heterocycles. The molecule has 0 aromatic carbocycles. The number of rotatable bonds is 6. The average Bonchev–Trinajstić information content (AvgIpc) is 3.04. The Kier molecular flexibility index (Phi) is 5.06. The van der Waals surface area contributed by atoms with Crippen LogP contribution in [-0.2, 0) is 16.6 Å². The molecule has 1 saturated carbocycles. The minimum absolute atomic E-state index is 0.0973. The average molecular weight is 314 g/mol. The van der Waals surface area contributed by atoms with Gasteiger partial charge in [0.1, 0.15) is 0 Å². The molecule has 1 aromatic rings. The zero-order valence-electron chi connectivity index (χ0n) is 13.1. The second-order valence-corrected chi connectivity index (χ2v) is 8.05. The van der Waals surface area contributed by atoms with Crippen LogP contribution in [0, 0.1) is 12.8 Å². The SMILES string of the molecule is Cc1[nH]nc(S(=O)(=O)N(CC(C)C)C2CCCC2)c1CN. The van der Waals surface area contributed by atoms with Crippen LogP contribution in [0.1, 0.15) is 50.8 Å². The number of nitrogens with two attached hydrogens (primary N) is 1. The Morgan fingerprint density at radius 1 is 1.38 bits per heavy atom. The largest absolute Gasteiger partial charge is 0.326 e. The van der Waals surface area contributed by atoms with Crippen molar-refractivity contribution >= 4 is 10.0 Å². The molecule has 0 spiro atoms. The maximum Gasteiger partial charge on any atom is 0.262 e. The Morgan fingerprint density at radius 2 is 2.00 bits per heavy atom. The predicted octanol–water partition coefficient (Wildman–Crippen LogP) is 1.77. The summed E-state index contributed by atoms with van der Waals surface area (Å²) in [6, 6.07) is 0.0973. The van der Waals surface area contributed by atoms with Gasteiger partial charge in [-0.15, -0.1) is 0 Å². The predicted molar refractivity (Wildman–Crippen MR) is 82.2 cm³/mol. The van der Waals surface area contributed by atoms with E-state index in [0.717, 1.165) is 31.4 Å². The highest BCUT2D eigenvalue weighted by atomic mass is 32.2. The highest BCUT2D eigenvalue weighted by molar-refractivity contribution is 7.89. The van der Waals surface area contributed by atoms with Gasteiger partial charge in [0.2, 0.25) is 0 Å². The number of H-pyrrole nitrogens is 1. The molecule has 120 valence electrons. The van der Waals surface area contributed by atoms with Crippen molar-refractivity contribution in [2.24, 2.45) is 11.7 Å². The zero-order chi connectivity index (χ0) is 15.6. The fraction of sp³-hybridized carbons (Fsp3) is 0.786. The number of aromatic amines is 1. The van der Waals surface area contributed by atoms with Crippen LogP contribution < -0.4 is 5.73 Å². The second kappa shape index (κ2) is 6.46. The van der Waals surface area contributed by atoms with Gasteiger partial charge in [0.25, 0.3) is 10.0 Å².